The van der Waals surface area contributed by atoms with Gasteiger partial charge >= 0.3 is 0 Å². The second-order valence-electron chi connectivity index (χ2n) is 17.6. The van der Waals surface area contributed by atoms with Crippen molar-refractivity contribution in [2.75, 3.05) is 0 Å². The zero-order chi connectivity index (χ0) is 47.4. The van der Waals surface area contributed by atoms with Gasteiger partial charge in [0, 0.05) is 89.8 Å². The first-order chi connectivity index (χ1) is 33.9. The molecule has 0 aliphatic carbocycles. The summed E-state index contributed by atoms with van der Waals surface area (Å²) >= 11 is 30.9. The van der Waals surface area contributed by atoms with Crippen molar-refractivity contribution in [3.63, 3.8) is 0 Å². The van der Waals surface area contributed by atoms with Gasteiger partial charge in [0.1, 0.15) is 22.1 Å². The van der Waals surface area contributed by atoms with E-state index in [0.717, 1.165) is 69.0 Å². The standard InChI is InChI=1S/C54H32Cl2N4S10/c1-21-15-31-23(3)50-32(24(4)49(31)61-21)17-41(65-50)39-13-11-37(63-39)27-7-8-28(46-45(27)57-69-58-46)38-12-14-40(64-38)42-18-33-25(5)52-34(26(6)51(33)66-42)19-43(67-52)44-20-36(56)54(68-44)30-10-9-29(47-48(30)60-70-59-47)53-35(55)16-22(2)62-53/h7-20H,1-6H3. The molecule has 0 saturated heterocycles. The summed E-state index contributed by atoms with van der Waals surface area (Å²) in [5.41, 5.74) is 13.4. The van der Waals surface area contributed by atoms with E-state index in [9.17, 15) is 0 Å². The fourth-order valence-corrected chi connectivity index (χ4v) is 20.9. The van der Waals surface area contributed by atoms with Crippen LogP contribution in [-0.2, 0) is 0 Å². The van der Waals surface area contributed by atoms with Crippen molar-refractivity contribution in [1.82, 2.24) is 17.5 Å². The van der Waals surface area contributed by atoms with E-state index < -0.39 is 0 Å². The Morgan fingerprint density at radius 3 is 1.14 bits per heavy atom. The van der Waals surface area contributed by atoms with Gasteiger partial charge in [0.25, 0.3) is 0 Å². The monoisotopic (exact) mass is 1130 g/mol. The molecular weight excluding hydrogens is 1100 g/mol. The number of hydrogen-bond acceptors (Lipinski definition) is 14. The number of benzene rings is 4. The molecule has 0 saturated carbocycles. The molecule has 70 heavy (non-hydrogen) atoms. The molecule has 0 amide bonds. The lowest BCUT2D eigenvalue weighted by atomic mass is 10.0. The zero-order valence-corrected chi connectivity index (χ0v) is 47.4. The first-order valence-electron chi connectivity index (χ1n) is 22.1. The summed E-state index contributed by atoms with van der Waals surface area (Å²) in [6, 6.07) is 31.5. The molecule has 10 aromatic heterocycles. The van der Waals surface area contributed by atoms with Gasteiger partial charge in [-0.05, 0) is 146 Å². The molecule has 0 unspecified atom stereocenters. The highest BCUT2D eigenvalue weighted by molar-refractivity contribution is 7.29. The van der Waals surface area contributed by atoms with E-state index in [0.29, 0.717) is 0 Å². The Labute approximate surface area is 452 Å². The molecule has 0 N–H and O–H groups in total. The molecule has 0 radical (unpaired) electrons. The average Bonchev–Trinajstić information content (AvgIpc) is 4.18. The largest absolute Gasteiger partial charge is 0.172 e. The minimum atomic E-state index is 0.724. The van der Waals surface area contributed by atoms with Crippen LogP contribution < -0.4 is 0 Å². The number of aryl methyl sites for hydroxylation is 6. The highest BCUT2D eigenvalue weighted by Crippen LogP contribution is 2.52. The normalized spacial score (nSPS) is 12.3. The summed E-state index contributed by atoms with van der Waals surface area (Å²) in [6.07, 6.45) is 0. The topological polar surface area (TPSA) is 51.6 Å². The van der Waals surface area contributed by atoms with Gasteiger partial charge in [-0.15, -0.1) is 90.7 Å². The third-order valence-corrected chi connectivity index (χ3v) is 25.2. The number of rotatable bonds is 7. The number of aromatic nitrogens is 4. The third-order valence-electron chi connectivity index (χ3n) is 13.3. The molecule has 0 atom stereocenters. The Balaban J connectivity index is 0.759. The van der Waals surface area contributed by atoms with E-state index >= 15 is 0 Å². The second kappa shape index (κ2) is 16.6. The van der Waals surface area contributed by atoms with E-state index in [2.05, 4.69) is 120 Å². The van der Waals surface area contributed by atoms with Crippen molar-refractivity contribution in [3.05, 3.63) is 127 Å². The molecule has 342 valence electrons. The first kappa shape index (κ1) is 44.4. The molecule has 10 heterocycles. The van der Waals surface area contributed by atoms with E-state index in [1.807, 2.05) is 74.1 Å². The first-order valence-corrected chi connectivity index (χ1v) is 30.9. The average molecular weight is 1130 g/mol. The van der Waals surface area contributed by atoms with Crippen LogP contribution in [0.2, 0.25) is 10.0 Å². The number of halogens is 2. The minimum Gasteiger partial charge on any atom is -0.172 e. The van der Waals surface area contributed by atoms with Gasteiger partial charge in [-0.1, -0.05) is 47.5 Å². The van der Waals surface area contributed by atoms with Gasteiger partial charge in [-0.3, -0.25) is 0 Å². The maximum absolute atomic E-state index is 7.08. The molecule has 0 aliphatic heterocycles. The number of thiophene rings is 8. The van der Waals surface area contributed by atoms with Crippen molar-refractivity contribution >= 4 is 200 Å². The van der Waals surface area contributed by atoms with Crippen LogP contribution >= 0.6 is 137 Å². The van der Waals surface area contributed by atoms with Crippen molar-refractivity contribution in [3.8, 4) is 71.0 Å². The highest BCUT2D eigenvalue weighted by atomic mass is 35.5. The fourth-order valence-electron chi connectivity index (χ4n) is 9.84. The molecule has 14 rings (SSSR count). The lowest BCUT2D eigenvalue weighted by molar-refractivity contribution is 1.57. The van der Waals surface area contributed by atoms with Crippen molar-refractivity contribution in [2.24, 2.45) is 0 Å². The second-order valence-corrected chi connectivity index (χ2v) is 28.3. The van der Waals surface area contributed by atoms with Gasteiger partial charge in [-0.2, -0.15) is 17.5 Å². The smallest absolute Gasteiger partial charge is 0.114 e. The van der Waals surface area contributed by atoms with Crippen LogP contribution in [0, 0.1) is 41.5 Å². The maximum Gasteiger partial charge on any atom is 0.114 e. The van der Waals surface area contributed by atoms with Gasteiger partial charge in [0.05, 0.1) is 43.3 Å². The maximum atomic E-state index is 7.08. The minimum absolute atomic E-state index is 0.724. The van der Waals surface area contributed by atoms with E-state index in [1.54, 1.807) is 22.7 Å². The molecule has 16 heteroatoms. The van der Waals surface area contributed by atoms with Crippen LogP contribution in [-0.4, -0.2) is 17.5 Å². The summed E-state index contributed by atoms with van der Waals surface area (Å²) in [7, 11) is 0. The SMILES string of the molecule is Cc1cc(Cl)c(-c2ccc(-c3sc(-c4cc5c(C)c6sc(-c7ccc(-c8ccc(-c9ccc(-c%10cc%11c(C)c%12sc(C)cc%12c(C)c%11s%10)s9)c9nsnc89)s7)cc6c(C)c5s4)cc3Cl)c3nsnc23)s1. The van der Waals surface area contributed by atoms with Gasteiger partial charge in [0.15, 0.2) is 0 Å². The molecule has 0 spiro atoms. The molecule has 4 nitrogen and oxygen atoms in total. The van der Waals surface area contributed by atoms with Crippen LogP contribution in [0.1, 0.15) is 32.0 Å². The van der Waals surface area contributed by atoms with Crippen LogP contribution in [0.5, 0.6) is 0 Å². The van der Waals surface area contributed by atoms with E-state index in [-0.39, 0.29) is 0 Å². The Morgan fingerprint density at radius 2 is 0.671 bits per heavy atom. The van der Waals surface area contributed by atoms with Gasteiger partial charge < -0.3 is 0 Å². The van der Waals surface area contributed by atoms with Crippen LogP contribution in [0.4, 0.5) is 0 Å². The van der Waals surface area contributed by atoms with Gasteiger partial charge in [-0.25, -0.2) is 0 Å². The Morgan fingerprint density at radius 1 is 0.314 bits per heavy atom. The fraction of sp³-hybridized carbons (Fsp3) is 0.111. The predicted molar refractivity (Wildman–Crippen MR) is 318 cm³/mol. The third kappa shape index (κ3) is 6.82. The van der Waals surface area contributed by atoms with Crippen molar-refractivity contribution < 1.29 is 0 Å². The lowest BCUT2D eigenvalue weighted by Crippen LogP contribution is -1.83. The number of hydrogen-bond donors (Lipinski definition) is 0. The number of fused-ring (bicyclic) bond motifs is 6. The summed E-state index contributed by atoms with van der Waals surface area (Å²) in [4.78, 5) is 14.5. The van der Waals surface area contributed by atoms with Crippen molar-refractivity contribution in [2.45, 2.75) is 41.5 Å². The van der Waals surface area contributed by atoms with Gasteiger partial charge in [0.2, 0.25) is 0 Å². The lowest BCUT2D eigenvalue weighted by Gasteiger charge is -2.05. The zero-order valence-electron chi connectivity index (χ0n) is 37.7. The van der Waals surface area contributed by atoms with Crippen molar-refractivity contribution in [1.29, 1.82) is 0 Å². The summed E-state index contributed by atoms with van der Waals surface area (Å²) in [6.45, 7) is 13.4. The van der Waals surface area contributed by atoms with Crippen LogP contribution in [0.15, 0.2) is 84.9 Å². The molecule has 4 aromatic carbocycles. The van der Waals surface area contributed by atoms with Crippen LogP contribution in [0.3, 0.4) is 0 Å². The van der Waals surface area contributed by atoms with E-state index in [1.165, 1.54) is 130 Å². The summed E-state index contributed by atoms with van der Waals surface area (Å²) in [5.74, 6) is 0. The molecule has 14 aromatic rings. The Kier molecular flexibility index (Phi) is 10.6. The Bertz CT molecular complexity index is 4380. The summed E-state index contributed by atoms with van der Waals surface area (Å²) in [5, 5.41) is 6.87. The highest BCUT2D eigenvalue weighted by Gasteiger charge is 2.24. The van der Waals surface area contributed by atoms with Crippen LogP contribution in [0.25, 0.3) is 133 Å². The number of nitrogens with zero attached hydrogens (tertiary/aromatic N) is 4. The quantitative estimate of drug-likeness (QED) is 0.160. The summed E-state index contributed by atoms with van der Waals surface area (Å²) < 4.78 is 24.7. The van der Waals surface area contributed by atoms with E-state index in [4.69, 9.17) is 40.7 Å². The molecule has 0 bridgehead atoms. The molecular formula is C54H32Cl2N4S10. The molecule has 0 fully saturated rings. The predicted octanol–water partition coefficient (Wildman–Crippen LogP) is 21.6. The molecule has 0 aliphatic rings. The Hall–Kier alpha value is -4.26.